The van der Waals surface area contributed by atoms with Crippen LogP contribution >= 0.6 is 0 Å². The number of hydrogen-bond acceptors (Lipinski definition) is 3. The van der Waals surface area contributed by atoms with E-state index in [2.05, 4.69) is 5.16 Å². The second kappa shape index (κ2) is 8.16. The molecule has 2 rings (SSSR count). The summed E-state index contributed by atoms with van der Waals surface area (Å²) in [6, 6.07) is 8.42. The van der Waals surface area contributed by atoms with Crippen LogP contribution < -0.4 is 5.73 Å². The number of hydrogen-bond donors (Lipinski definition) is 1. The molecule has 8 heteroatoms. The second-order valence-electron chi connectivity index (χ2n) is 5.51. The largest absolute Gasteiger partial charge is 0.416 e. The lowest BCUT2D eigenvalue weighted by Gasteiger charge is -2.10. The van der Waals surface area contributed by atoms with Crippen LogP contribution in [0.4, 0.5) is 27.6 Å². The zero-order valence-corrected chi connectivity index (χ0v) is 13.9. The number of benzene rings is 2. The Kier molecular flexibility index (Phi) is 6.18. The summed E-state index contributed by atoms with van der Waals surface area (Å²) in [5, 5.41) is 3.94. The lowest BCUT2D eigenvalue weighted by atomic mass is 10.0. The van der Waals surface area contributed by atoms with E-state index in [0.29, 0.717) is 23.3 Å². The quantitative estimate of drug-likeness (QED) is 0.312. The summed E-state index contributed by atoms with van der Waals surface area (Å²) in [6.07, 6.45) is -6.58. The van der Waals surface area contributed by atoms with E-state index >= 15 is 0 Å². The average Bonchev–Trinajstić information content (AvgIpc) is 2.59. The minimum Gasteiger partial charge on any atom is -0.398 e. The first kappa shape index (κ1) is 19.7. The maximum Gasteiger partial charge on any atom is 0.416 e. The molecule has 0 fully saturated rings. The van der Waals surface area contributed by atoms with Crippen LogP contribution in [0.2, 0.25) is 0 Å². The zero-order valence-electron chi connectivity index (χ0n) is 13.9. The third-order valence-electron chi connectivity index (χ3n) is 3.66. The van der Waals surface area contributed by atoms with Gasteiger partial charge in [0, 0.05) is 16.8 Å². The molecule has 0 unspecified atom stereocenters. The van der Waals surface area contributed by atoms with E-state index in [1.165, 1.54) is 30.3 Å². The van der Waals surface area contributed by atoms with E-state index < -0.39 is 18.2 Å². The molecule has 2 aromatic carbocycles. The van der Waals surface area contributed by atoms with Crippen LogP contribution in [0, 0.1) is 0 Å². The molecule has 0 saturated carbocycles. The van der Waals surface area contributed by atoms with Gasteiger partial charge >= 0.3 is 6.18 Å². The molecule has 2 aromatic rings. The Bertz CT molecular complexity index is 770. The highest BCUT2D eigenvalue weighted by molar-refractivity contribution is 6.04. The standard InChI is InChI=1S/C18H17F5N2O/c1-2-16(14-8-5-12(17(19)20)9-15(14)24)25-26-10-11-3-6-13(7-4-11)18(21,22)23/h3-9,17H,2,10,24H2,1H3/b25-16+. The van der Waals surface area contributed by atoms with Gasteiger partial charge in [-0.1, -0.05) is 36.3 Å². The second-order valence-corrected chi connectivity index (χ2v) is 5.51. The first-order valence-electron chi connectivity index (χ1n) is 7.75. The maximum atomic E-state index is 12.7. The molecule has 0 aliphatic carbocycles. The van der Waals surface area contributed by atoms with Crippen molar-refractivity contribution in [1.29, 1.82) is 0 Å². The predicted octanol–water partition coefficient (Wildman–Crippen LogP) is 5.56. The molecule has 0 aliphatic rings. The minimum absolute atomic E-state index is 0.0311. The minimum atomic E-state index is -4.39. The van der Waals surface area contributed by atoms with E-state index in [9.17, 15) is 22.0 Å². The zero-order chi connectivity index (χ0) is 19.3. The summed E-state index contributed by atoms with van der Waals surface area (Å²) in [5.41, 5.74) is 6.46. The first-order valence-corrected chi connectivity index (χ1v) is 7.75. The van der Waals surface area contributed by atoms with Crippen molar-refractivity contribution in [2.24, 2.45) is 5.16 Å². The van der Waals surface area contributed by atoms with Crippen molar-refractivity contribution in [2.75, 3.05) is 5.73 Å². The van der Waals surface area contributed by atoms with Gasteiger partial charge in [0.25, 0.3) is 6.43 Å². The summed E-state index contributed by atoms with van der Waals surface area (Å²) in [6.45, 7) is 1.76. The fourth-order valence-corrected chi connectivity index (χ4v) is 2.26. The van der Waals surface area contributed by atoms with Crippen molar-refractivity contribution in [3.63, 3.8) is 0 Å². The number of nitrogens with two attached hydrogens (primary N) is 1. The van der Waals surface area contributed by atoms with E-state index in [4.69, 9.17) is 10.6 Å². The van der Waals surface area contributed by atoms with E-state index in [0.717, 1.165) is 12.1 Å². The molecular formula is C18H17F5N2O. The van der Waals surface area contributed by atoms with Gasteiger partial charge in [0.05, 0.1) is 11.3 Å². The molecule has 0 amide bonds. The number of oxime groups is 1. The van der Waals surface area contributed by atoms with Gasteiger partial charge in [0.2, 0.25) is 0 Å². The fraction of sp³-hybridized carbons (Fsp3) is 0.278. The van der Waals surface area contributed by atoms with Crippen molar-refractivity contribution in [3.8, 4) is 0 Å². The van der Waals surface area contributed by atoms with E-state index in [1.807, 2.05) is 0 Å². The number of anilines is 1. The van der Waals surface area contributed by atoms with Gasteiger partial charge in [-0.15, -0.1) is 0 Å². The summed E-state index contributed by atoms with van der Waals surface area (Å²) < 4.78 is 62.9. The average molecular weight is 372 g/mol. The summed E-state index contributed by atoms with van der Waals surface area (Å²) in [7, 11) is 0. The van der Waals surface area contributed by atoms with Crippen molar-refractivity contribution in [3.05, 3.63) is 64.7 Å². The normalized spacial score (nSPS) is 12.5. The topological polar surface area (TPSA) is 47.6 Å². The fourth-order valence-electron chi connectivity index (χ4n) is 2.26. The molecule has 0 spiro atoms. The number of nitrogens with zero attached hydrogens (tertiary/aromatic N) is 1. The molecule has 0 aliphatic heterocycles. The Labute approximate surface area is 147 Å². The molecule has 0 atom stereocenters. The third kappa shape index (κ3) is 4.93. The Morgan fingerprint density at radius 2 is 1.77 bits per heavy atom. The monoisotopic (exact) mass is 372 g/mol. The van der Waals surface area contributed by atoms with Gasteiger partial charge in [-0.25, -0.2) is 8.78 Å². The van der Waals surface area contributed by atoms with Crippen LogP contribution in [0.15, 0.2) is 47.6 Å². The van der Waals surface area contributed by atoms with Crippen LogP contribution in [-0.2, 0) is 17.6 Å². The SMILES string of the molecule is CC/C(=N\OCc1ccc(C(F)(F)F)cc1)c1ccc(C(F)F)cc1N. The Balaban J connectivity index is 2.08. The van der Waals surface area contributed by atoms with Gasteiger partial charge in [-0.3, -0.25) is 0 Å². The van der Waals surface area contributed by atoms with Crippen LogP contribution in [0.5, 0.6) is 0 Å². The molecule has 140 valence electrons. The lowest BCUT2D eigenvalue weighted by Crippen LogP contribution is -2.06. The lowest BCUT2D eigenvalue weighted by molar-refractivity contribution is -0.137. The summed E-state index contributed by atoms with van der Waals surface area (Å²) >= 11 is 0. The van der Waals surface area contributed by atoms with Gasteiger partial charge in [-0.2, -0.15) is 13.2 Å². The van der Waals surface area contributed by atoms with Crippen molar-refractivity contribution in [2.45, 2.75) is 32.6 Å². The summed E-state index contributed by atoms with van der Waals surface area (Å²) in [4.78, 5) is 5.19. The molecule has 3 nitrogen and oxygen atoms in total. The van der Waals surface area contributed by atoms with Crippen molar-refractivity contribution >= 4 is 11.4 Å². The van der Waals surface area contributed by atoms with Crippen LogP contribution in [0.25, 0.3) is 0 Å². The van der Waals surface area contributed by atoms with Gasteiger partial charge in [0.15, 0.2) is 0 Å². The van der Waals surface area contributed by atoms with Crippen LogP contribution in [0.3, 0.4) is 0 Å². The Hall–Kier alpha value is -2.64. The van der Waals surface area contributed by atoms with Gasteiger partial charge in [-0.05, 0) is 30.2 Å². The summed E-state index contributed by atoms with van der Waals surface area (Å²) in [5.74, 6) is 0. The third-order valence-corrected chi connectivity index (χ3v) is 3.66. The highest BCUT2D eigenvalue weighted by Crippen LogP contribution is 2.29. The predicted molar refractivity (Wildman–Crippen MR) is 88.9 cm³/mol. The highest BCUT2D eigenvalue weighted by atomic mass is 19.4. The molecule has 2 N–H and O–H groups in total. The molecule has 0 bridgehead atoms. The van der Waals surface area contributed by atoms with Gasteiger partial charge < -0.3 is 10.6 Å². The Morgan fingerprint density at radius 1 is 1.12 bits per heavy atom. The van der Waals surface area contributed by atoms with Crippen LogP contribution in [-0.4, -0.2) is 5.71 Å². The van der Waals surface area contributed by atoms with E-state index in [1.54, 1.807) is 6.92 Å². The van der Waals surface area contributed by atoms with Gasteiger partial charge in [0.1, 0.15) is 6.61 Å². The molecule has 0 saturated heterocycles. The maximum absolute atomic E-state index is 12.7. The molecule has 0 heterocycles. The number of halogens is 5. The molecular weight excluding hydrogens is 355 g/mol. The molecule has 0 radical (unpaired) electrons. The van der Waals surface area contributed by atoms with Crippen LogP contribution in [0.1, 0.15) is 42.0 Å². The molecule has 26 heavy (non-hydrogen) atoms. The van der Waals surface area contributed by atoms with Crippen molar-refractivity contribution in [1.82, 2.24) is 0 Å². The number of alkyl halides is 5. The Morgan fingerprint density at radius 3 is 2.27 bits per heavy atom. The number of rotatable bonds is 6. The smallest absolute Gasteiger partial charge is 0.398 e. The first-order chi connectivity index (χ1) is 12.2. The number of nitrogen functional groups attached to an aromatic ring is 1. The highest BCUT2D eigenvalue weighted by Gasteiger charge is 2.29. The van der Waals surface area contributed by atoms with Crippen molar-refractivity contribution < 1.29 is 26.8 Å². The van der Waals surface area contributed by atoms with E-state index in [-0.39, 0.29) is 17.9 Å². The molecule has 0 aromatic heterocycles.